The van der Waals surface area contributed by atoms with Crippen molar-refractivity contribution in [3.8, 4) is 0 Å². The Bertz CT molecular complexity index is 803. The zero-order valence-corrected chi connectivity index (χ0v) is 16.5. The summed E-state index contributed by atoms with van der Waals surface area (Å²) in [7, 11) is 2.22. The largest absolute Gasteiger partial charge is 0.448 e. The van der Waals surface area contributed by atoms with Crippen molar-refractivity contribution in [2.45, 2.75) is 63.6 Å². The van der Waals surface area contributed by atoms with E-state index in [4.69, 9.17) is 4.42 Å². The standard InChI is InChI=1S/C22H29N3O2/c1-16-23-18(15-27-16)21(26)25-19(17-10-6-4-7-11-17)14-22(2)20(25)12-8-5-9-13-24(22)3/h4,6-7,10-11,15,19-20H,5,8-9,12-14H2,1-3H3/t19-,20-,22-/m0/s1. The van der Waals surface area contributed by atoms with E-state index in [0.717, 1.165) is 25.8 Å². The van der Waals surface area contributed by atoms with E-state index in [1.165, 1.54) is 24.7 Å². The summed E-state index contributed by atoms with van der Waals surface area (Å²) in [6, 6.07) is 10.7. The third kappa shape index (κ3) is 3.18. The molecule has 1 amide bonds. The van der Waals surface area contributed by atoms with Gasteiger partial charge in [0.05, 0.1) is 12.1 Å². The summed E-state index contributed by atoms with van der Waals surface area (Å²) < 4.78 is 5.34. The van der Waals surface area contributed by atoms with E-state index >= 15 is 0 Å². The molecule has 2 aromatic rings. The molecule has 2 aliphatic heterocycles. The van der Waals surface area contributed by atoms with Crippen LogP contribution in [-0.2, 0) is 0 Å². The number of fused-ring (bicyclic) bond motifs is 1. The van der Waals surface area contributed by atoms with Crippen LogP contribution in [-0.4, -0.2) is 45.9 Å². The molecule has 0 saturated carbocycles. The van der Waals surface area contributed by atoms with E-state index in [1.807, 2.05) is 6.07 Å². The van der Waals surface area contributed by atoms with Gasteiger partial charge in [-0.15, -0.1) is 0 Å². The van der Waals surface area contributed by atoms with Gasteiger partial charge in [0, 0.05) is 12.5 Å². The van der Waals surface area contributed by atoms with Gasteiger partial charge >= 0.3 is 0 Å². The van der Waals surface area contributed by atoms with Crippen LogP contribution in [0.1, 0.15) is 67.0 Å². The number of hydrogen-bond donors (Lipinski definition) is 0. The first-order chi connectivity index (χ1) is 13.0. The molecule has 3 heterocycles. The summed E-state index contributed by atoms with van der Waals surface area (Å²) in [4.78, 5) is 22.4. The lowest BCUT2D eigenvalue weighted by molar-refractivity contribution is 0.0448. The predicted octanol–water partition coefficient (Wildman–Crippen LogP) is 4.20. The van der Waals surface area contributed by atoms with Gasteiger partial charge in [-0.05, 0) is 45.3 Å². The van der Waals surface area contributed by atoms with Gasteiger partial charge in [0.25, 0.3) is 5.91 Å². The fraction of sp³-hybridized carbons (Fsp3) is 0.545. The lowest BCUT2D eigenvalue weighted by atomic mass is 9.84. The van der Waals surface area contributed by atoms with Crippen molar-refractivity contribution in [2.75, 3.05) is 13.6 Å². The number of benzene rings is 1. The number of aryl methyl sites for hydroxylation is 1. The van der Waals surface area contributed by atoms with Gasteiger partial charge in [-0.3, -0.25) is 9.69 Å². The summed E-state index contributed by atoms with van der Waals surface area (Å²) in [5, 5.41) is 0. The molecule has 1 aromatic carbocycles. The second-order valence-electron chi connectivity index (χ2n) is 8.24. The highest BCUT2D eigenvalue weighted by atomic mass is 16.3. The molecule has 3 atom stereocenters. The highest BCUT2D eigenvalue weighted by molar-refractivity contribution is 5.93. The topological polar surface area (TPSA) is 49.6 Å². The molecule has 0 unspecified atom stereocenters. The molecular weight excluding hydrogens is 338 g/mol. The van der Waals surface area contributed by atoms with Crippen LogP contribution in [0.3, 0.4) is 0 Å². The minimum absolute atomic E-state index is 0.0107. The third-order valence-electron chi connectivity index (χ3n) is 6.60. The maximum Gasteiger partial charge on any atom is 0.276 e. The summed E-state index contributed by atoms with van der Waals surface area (Å²) >= 11 is 0. The molecule has 2 aliphatic rings. The summed E-state index contributed by atoms with van der Waals surface area (Å²) in [6.45, 7) is 5.20. The number of carbonyl (C=O) groups is 1. The number of amides is 1. The summed E-state index contributed by atoms with van der Waals surface area (Å²) in [6.07, 6.45) is 7.09. The molecule has 0 N–H and O–H groups in total. The molecule has 27 heavy (non-hydrogen) atoms. The van der Waals surface area contributed by atoms with Crippen molar-refractivity contribution in [3.63, 3.8) is 0 Å². The highest BCUT2D eigenvalue weighted by Gasteiger charge is 2.53. The van der Waals surface area contributed by atoms with Crippen molar-refractivity contribution in [1.29, 1.82) is 0 Å². The first-order valence-corrected chi connectivity index (χ1v) is 10.0. The number of hydrogen-bond acceptors (Lipinski definition) is 4. The minimum atomic E-state index is -0.0324. The van der Waals surface area contributed by atoms with Crippen LogP contribution in [0.4, 0.5) is 0 Å². The second-order valence-corrected chi connectivity index (χ2v) is 8.24. The second kappa shape index (κ2) is 7.12. The average molecular weight is 367 g/mol. The Morgan fingerprint density at radius 3 is 2.70 bits per heavy atom. The molecule has 5 heteroatoms. The summed E-state index contributed by atoms with van der Waals surface area (Å²) in [5.74, 6) is 0.523. The van der Waals surface area contributed by atoms with Crippen LogP contribution in [0.5, 0.6) is 0 Å². The lowest BCUT2D eigenvalue weighted by Crippen LogP contribution is -2.55. The molecule has 5 nitrogen and oxygen atoms in total. The van der Waals surface area contributed by atoms with Gasteiger partial charge < -0.3 is 9.32 Å². The van der Waals surface area contributed by atoms with Gasteiger partial charge in [-0.1, -0.05) is 43.2 Å². The normalized spacial score (nSPS) is 29.2. The lowest BCUT2D eigenvalue weighted by Gasteiger charge is -2.43. The Hall–Kier alpha value is -2.14. The monoisotopic (exact) mass is 367 g/mol. The highest BCUT2D eigenvalue weighted by Crippen LogP contribution is 2.48. The van der Waals surface area contributed by atoms with Crippen LogP contribution in [0.25, 0.3) is 0 Å². The van der Waals surface area contributed by atoms with Crippen LogP contribution >= 0.6 is 0 Å². The third-order valence-corrected chi connectivity index (χ3v) is 6.60. The maximum absolute atomic E-state index is 13.5. The van der Waals surface area contributed by atoms with E-state index in [2.05, 4.69) is 53.0 Å². The number of nitrogens with zero attached hydrogens (tertiary/aromatic N) is 3. The van der Waals surface area contributed by atoms with Gasteiger partial charge in [0.1, 0.15) is 6.26 Å². The molecule has 144 valence electrons. The first kappa shape index (κ1) is 18.2. The maximum atomic E-state index is 13.5. The van der Waals surface area contributed by atoms with Crippen LogP contribution in [0.2, 0.25) is 0 Å². The molecule has 0 spiro atoms. The van der Waals surface area contributed by atoms with Gasteiger partial charge in [-0.25, -0.2) is 4.98 Å². The van der Waals surface area contributed by atoms with E-state index in [0.29, 0.717) is 11.6 Å². The van der Waals surface area contributed by atoms with E-state index in [1.54, 1.807) is 6.92 Å². The van der Waals surface area contributed by atoms with Crippen LogP contribution in [0.15, 0.2) is 41.0 Å². The molecule has 0 aliphatic carbocycles. The number of rotatable bonds is 2. The number of likely N-dealkylation sites (N-methyl/N-ethyl adjacent to an activating group) is 1. The smallest absolute Gasteiger partial charge is 0.276 e. The molecule has 2 saturated heterocycles. The number of oxazole rings is 1. The first-order valence-electron chi connectivity index (χ1n) is 10.0. The molecule has 1 aromatic heterocycles. The molecule has 2 fully saturated rings. The zero-order valence-electron chi connectivity index (χ0n) is 16.5. The van der Waals surface area contributed by atoms with Crippen molar-refractivity contribution < 1.29 is 9.21 Å². The van der Waals surface area contributed by atoms with Gasteiger partial charge in [0.15, 0.2) is 11.6 Å². The Morgan fingerprint density at radius 2 is 2.00 bits per heavy atom. The fourth-order valence-electron chi connectivity index (χ4n) is 4.95. The molecule has 0 radical (unpaired) electrons. The molecule has 0 bridgehead atoms. The number of aromatic nitrogens is 1. The number of carbonyl (C=O) groups excluding carboxylic acids is 1. The molecular formula is C22H29N3O2. The van der Waals surface area contributed by atoms with Gasteiger partial charge in [0.2, 0.25) is 0 Å². The fourth-order valence-corrected chi connectivity index (χ4v) is 4.95. The quantitative estimate of drug-likeness (QED) is 0.798. The van der Waals surface area contributed by atoms with Crippen molar-refractivity contribution in [1.82, 2.24) is 14.8 Å². The van der Waals surface area contributed by atoms with Crippen LogP contribution < -0.4 is 0 Å². The van der Waals surface area contributed by atoms with E-state index in [9.17, 15) is 4.79 Å². The van der Waals surface area contributed by atoms with E-state index < -0.39 is 0 Å². The van der Waals surface area contributed by atoms with Gasteiger partial charge in [-0.2, -0.15) is 0 Å². The minimum Gasteiger partial charge on any atom is -0.448 e. The Balaban J connectivity index is 1.78. The Labute approximate surface area is 161 Å². The summed E-state index contributed by atoms with van der Waals surface area (Å²) in [5.41, 5.74) is 1.59. The van der Waals surface area contributed by atoms with E-state index in [-0.39, 0.29) is 23.5 Å². The number of likely N-dealkylation sites (tertiary alicyclic amines) is 2. The van der Waals surface area contributed by atoms with Crippen molar-refractivity contribution in [3.05, 3.63) is 53.7 Å². The SMILES string of the molecule is Cc1nc(C(=O)N2[C@H]3CCCCCN(C)[C@@]3(C)C[C@H]2c2ccccc2)co1. The average Bonchev–Trinajstić information content (AvgIpc) is 3.22. The Kier molecular flexibility index (Phi) is 4.81. The predicted molar refractivity (Wildman–Crippen MR) is 105 cm³/mol. The van der Waals surface area contributed by atoms with Crippen LogP contribution in [0, 0.1) is 6.92 Å². The van der Waals surface area contributed by atoms with Crippen molar-refractivity contribution >= 4 is 5.91 Å². The Morgan fingerprint density at radius 1 is 1.22 bits per heavy atom. The van der Waals surface area contributed by atoms with Crippen molar-refractivity contribution in [2.24, 2.45) is 0 Å². The zero-order chi connectivity index (χ0) is 19.0. The molecule has 4 rings (SSSR count).